The Morgan fingerprint density at radius 2 is 2.00 bits per heavy atom. The van der Waals surface area contributed by atoms with Crippen molar-refractivity contribution >= 4 is 11.5 Å². The molecule has 1 aliphatic heterocycles. The first-order valence-electron chi connectivity index (χ1n) is 7.36. The van der Waals surface area contributed by atoms with Crippen LogP contribution in [-0.4, -0.2) is 39.7 Å². The molecular weight excluding hydrogens is 339 g/mol. The zero-order valence-corrected chi connectivity index (χ0v) is 12.8. The lowest BCUT2D eigenvalue weighted by Gasteiger charge is -2.25. The summed E-state index contributed by atoms with van der Waals surface area (Å²) in [6.07, 6.45) is 2.36. The van der Waals surface area contributed by atoms with Crippen LogP contribution < -0.4 is 5.32 Å². The quantitative estimate of drug-likeness (QED) is 0.741. The second-order valence-electron chi connectivity index (χ2n) is 5.51. The lowest BCUT2D eigenvalue weighted by atomic mass is 9.98. The molecule has 25 heavy (non-hydrogen) atoms. The van der Waals surface area contributed by atoms with E-state index in [-0.39, 0.29) is 0 Å². The molecule has 1 fully saturated rings. The maximum absolute atomic E-state index is 10.6. The fourth-order valence-electron chi connectivity index (χ4n) is 2.42. The van der Waals surface area contributed by atoms with Gasteiger partial charge in [0, 0.05) is 36.3 Å². The fourth-order valence-corrected chi connectivity index (χ4v) is 2.42. The largest absolute Gasteiger partial charge is 0.490 e. The minimum absolute atomic E-state index is 0.565. The van der Waals surface area contributed by atoms with E-state index < -0.39 is 12.1 Å². The highest BCUT2D eigenvalue weighted by Crippen LogP contribution is 2.26. The van der Waals surface area contributed by atoms with Crippen LogP contribution in [0.2, 0.25) is 0 Å². The van der Waals surface area contributed by atoms with Crippen molar-refractivity contribution in [3.8, 4) is 11.1 Å². The Morgan fingerprint density at radius 3 is 2.52 bits per heavy atom. The summed E-state index contributed by atoms with van der Waals surface area (Å²) in [7, 11) is 0. The van der Waals surface area contributed by atoms with Crippen LogP contribution in [0.5, 0.6) is 0 Å². The standard InChI is InChI=1S/C14H13N3O.C2HF3O2/c1-2-13-14(12-5-15-6-12)16-9-17(13)7-10(1)11-3-4-18-8-11;3-2(4,5)1(6)7/h1-4,7-9,12,15H,5-6H2;(H,6,7). The fraction of sp³-hybridized carbons (Fsp3) is 0.250. The van der Waals surface area contributed by atoms with Gasteiger partial charge < -0.3 is 19.2 Å². The van der Waals surface area contributed by atoms with Gasteiger partial charge in [-0.1, -0.05) is 6.07 Å². The van der Waals surface area contributed by atoms with E-state index >= 15 is 0 Å². The summed E-state index contributed by atoms with van der Waals surface area (Å²) in [6, 6.07) is 6.23. The van der Waals surface area contributed by atoms with E-state index in [0.29, 0.717) is 5.92 Å². The topological polar surface area (TPSA) is 79.8 Å². The molecule has 0 radical (unpaired) electrons. The van der Waals surface area contributed by atoms with E-state index in [2.05, 4.69) is 33.0 Å². The summed E-state index contributed by atoms with van der Waals surface area (Å²) < 4.78 is 38.9. The van der Waals surface area contributed by atoms with Gasteiger partial charge in [-0.05, 0) is 12.1 Å². The maximum Gasteiger partial charge on any atom is 0.490 e. The first-order chi connectivity index (χ1) is 11.9. The molecule has 3 aromatic rings. The molecular formula is C16H14F3N3O3. The molecule has 0 saturated carbocycles. The zero-order valence-electron chi connectivity index (χ0n) is 12.8. The molecule has 0 aromatic carbocycles. The van der Waals surface area contributed by atoms with E-state index in [1.54, 1.807) is 12.5 Å². The van der Waals surface area contributed by atoms with Gasteiger partial charge in [0.1, 0.15) is 0 Å². The van der Waals surface area contributed by atoms with Crippen molar-refractivity contribution in [2.24, 2.45) is 0 Å². The van der Waals surface area contributed by atoms with Crippen molar-refractivity contribution in [3.63, 3.8) is 0 Å². The summed E-state index contributed by atoms with van der Waals surface area (Å²) in [5.74, 6) is -2.19. The molecule has 1 saturated heterocycles. The van der Waals surface area contributed by atoms with Gasteiger partial charge in [0.25, 0.3) is 0 Å². The third-order valence-electron chi connectivity index (χ3n) is 3.83. The van der Waals surface area contributed by atoms with Crippen LogP contribution in [0.25, 0.3) is 16.6 Å². The van der Waals surface area contributed by atoms with Crippen LogP contribution in [0.3, 0.4) is 0 Å². The maximum atomic E-state index is 10.6. The number of alkyl halides is 3. The average molecular weight is 353 g/mol. The van der Waals surface area contributed by atoms with Crippen molar-refractivity contribution in [1.29, 1.82) is 0 Å². The van der Waals surface area contributed by atoms with Gasteiger partial charge in [-0.15, -0.1) is 0 Å². The molecule has 3 aromatic heterocycles. The number of nitrogens with zero attached hydrogens (tertiary/aromatic N) is 2. The highest BCUT2D eigenvalue weighted by molar-refractivity contribution is 5.73. The number of hydrogen-bond acceptors (Lipinski definition) is 4. The second-order valence-corrected chi connectivity index (χ2v) is 5.51. The van der Waals surface area contributed by atoms with Crippen LogP contribution in [0.1, 0.15) is 11.6 Å². The van der Waals surface area contributed by atoms with Crippen LogP contribution in [0, 0.1) is 0 Å². The van der Waals surface area contributed by atoms with E-state index in [9.17, 15) is 13.2 Å². The molecule has 6 nitrogen and oxygen atoms in total. The minimum atomic E-state index is -5.08. The molecule has 132 valence electrons. The van der Waals surface area contributed by atoms with Gasteiger partial charge >= 0.3 is 12.1 Å². The molecule has 0 amide bonds. The molecule has 2 N–H and O–H groups in total. The number of fused-ring (bicyclic) bond motifs is 1. The Morgan fingerprint density at radius 1 is 1.28 bits per heavy atom. The number of halogens is 3. The zero-order chi connectivity index (χ0) is 18.0. The van der Waals surface area contributed by atoms with Crippen molar-refractivity contribution in [2.75, 3.05) is 13.1 Å². The van der Waals surface area contributed by atoms with E-state index in [4.69, 9.17) is 14.3 Å². The van der Waals surface area contributed by atoms with E-state index in [0.717, 1.165) is 24.2 Å². The van der Waals surface area contributed by atoms with Crippen LogP contribution >= 0.6 is 0 Å². The normalized spacial score (nSPS) is 14.7. The number of carboxylic acids is 1. The number of pyridine rings is 1. The molecule has 4 heterocycles. The molecule has 0 aliphatic carbocycles. The minimum Gasteiger partial charge on any atom is -0.475 e. The predicted octanol–water partition coefficient (Wildman–Crippen LogP) is 2.91. The van der Waals surface area contributed by atoms with Gasteiger partial charge in [0.15, 0.2) is 0 Å². The second kappa shape index (κ2) is 6.60. The highest BCUT2D eigenvalue weighted by atomic mass is 19.4. The average Bonchev–Trinajstić information content (AvgIpc) is 3.15. The van der Waals surface area contributed by atoms with Gasteiger partial charge in [-0.25, -0.2) is 9.78 Å². The SMILES string of the molecule is O=C(O)C(F)(F)F.c1cc(-c2ccc3c(C4CNC4)ncn3c2)co1. The molecule has 0 atom stereocenters. The van der Waals surface area contributed by atoms with Gasteiger partial charge in [-0.2, -0.15) is 13.2 Å². The number of nitrogens with one attached hydrogen (secondary N) is 1. The van der Waals surface area contributed by atoms with Crippen molar-refractivity contribution in [2.45, 2.75) is 12.1 Å². The number of aliphatic carboxylic acids is 1. The summed E-state index contributed by atoms with van der Waals surface area (Å²) >= 11 is 0. The first kappa shape index (κ1) is 17.0. The first-order valence-corrected chi connectivity index (χ1v) is 7.36. The van der Waals surface area contributed by atoms with Crippen LogP contribution in [0.15, 0.2) is 47.7 Å². The summed E-state index contributed by atoms with van der Waals surface area (Å²) in [5, 5.41) is 10.4. The van der Waals surface area contributed by atoms with Crippen molar-refractivity contribution < 1.29 is 27.5 Å². The predicted molar refractivity (Wildman–Crippen MR) is 82.2 cm³/mol. The Kier molecular flexibility index (Phi) is 4.49. The lowest BCUT2D eigenvalue weighted by Crippen LogP contribution is -2.40. The molecule has 0 bridgehead atoms. The smallest absolute Gasteiger partial charge is 0.475 e. The van der Waals surface area contributed by atoms with Crippen LogP contribution in [-0.2, 0) is 4.79 Å². The Balaban J connectivity index is 0.000000225. The van der Waals surface area contributed by atoms with Crippen LogP contribution in [0.4, 0.5) is 13.2 Å². The summed E-state index contributed by atoms with van der Waals surface area (Å²) in [5.41, 5.74) is 4.64. The molecule has 4 rings (SSSR count). The Bertz CT molecular complexity index is 868. The number of rotatable bonds is 2. The Hall–Kier alpha value is -2.81. The number of furan rings is 1. The third kappa shape index (κ3) is 3.66. The third-order valence-corrected chi connectivity index (χ3v) is 3.83. The highest BCUT2D eigenvalue weighted by Gasteiger charge is 2.38. The number of aromatic nitrogens is 2. The Labute approximate surface area is 139 Å². The molecule has 1 aliphatic rings. The summed E-state index contributed by atoms with van der Waals surface area (Å²) in [4.78, 5) is 13.4. The van der Waals surface area contributed by atoms with Gasteiger partial charge in [-0.3, -0.25) is 0 Å². The number of imidazole rings is 1. The molecule has 9 heteroatoms. The monoisotopic (exact) mass is 353 g/mol. The molecule has 0 unspecified atom stereocenters. The van der Waals surface area contributed by atoms with Crippen molar-refractivity contribution in [1.82, 2.24) is 14.7 Å². The number of carboxylic acid groups (broad SMARTS) is 1. The number of carbonyl (C=O) groups is 1. The van der Waals surface area contributed by atoms with Crippen molar-refractivity contribution in [3.05, 3.63) is 48.9 Å². The molecule has 0 spiro atoms. The summed E-state index contributed by atoms with van der Waals surface area (Å²) in [6.45, 7) is 2.08. The van der Waals surface area contributed by atoms with Gasteiger partial charge in [0.05, 0.1) is 30.1 Å². The van der Waals surface area contributed by atoms with E-state index in [1.165, 1.54) is 11.2 Å². The van der Waals surface area contributed by atoms with Gasteiger partial charge in [0.2, 0.25) is 0 Å². The van der Waals surface area contributed by atoms with E-state index in [1.807, 2.05) is 12.4 Å². The lowest BCUT2D eigenvalue weighted by molar-refractivity contribution is -0.192. The number of hydrogen-bond donors (Lipinski definition) is 2.